The molecule has 4 heteroatoms. The van der Waals surface area contributed by atoms with Crippen LogP contribution in [0.1, 0.15) is 17.2 Å². The Morgan fingerprint density at radius 2 is 1.71 bits per heavy atom. The molecule has 0 radical (unpaired) electrons. The van der Waals surface area contributed by atoms with Gasteiger partial charge in [-0.15, -0.1) is 0 Å². The lowest BCUT2D eigenvalue weighted by molar-refractivity contribution is -0.120. The van der Waals surface area contributed by atoms with Gasteiger partial charge in [0.05, 0.1) is 12.5 Å². The lowest BCUT2D eigenvalue weighted by Crippen LogP contribution is -2.29. The van der Waals surface area contributed by atoms with E-state index < -0.39 is 6.10 Å². The van der Waals surface area contributed by atoms with Gasteiger partial charge in [-0.3, -0.25) is 4.79 Å². The first kappa shape index (κ1) is 16.5. The molecule has 1 atom stereocenters. The third kappa shape index (κ3) is 3.75. The van der Waals surface area contributed by atoms with E-state index in [9.17, 15) is 9.90 Å². The van der Waals surface area contributed by atoms with Crippen LogP contribution in [0.15, 0.2) is 66.7 Å². The second-order valence-electron chi connectivity index (χ2n) is 5.66. The van der Waals surface area contributed by atoms with E-state index in [4.69, 9.17) is 11.6 Å². The molecule has 3 aromatic rings. The average Bonchev–Trinajstić information content (AvgIpc) is 2.61. The topological polar surface area (TPSA) is 49.3 Å². The number of rotatable bonds is 5. The zero-order valence-electron chi connectivity index (χ0n) is 13.1. The van der Waals surface area contributed by atoms with E-state index in [1.165, 1.54) is 0 Å². The minimum absolute atomic E-state index is 0.164. The van der Waals surface area contributed by atoms with E-state index in [1.54, 1.807) is 6.07 Å². The summed E-state index contributed by atoms with van der Waals surface area (Å²) in [7, 11) is 0. The SMILES string of the molecule is O=C(Cc1ccccc1Cl)NCC(O)c1cccc2ccccc12. The zero-order valence-corrected chi connectivity index (χ0v) is 13.8. The molecule has 3 rings (SSSR count). The molecule has 3 aromatic carbocycles. The van der Waals surface area contributed by atoms with Crippen LogP contribution in [0.3, 0.4) is 0 Å². The molecule has 24 heavy (non-hydrogen) atoms. The standard InChI is InChI=1S/C20H18ClNO2/c21-18-11-4-2-7-15(18)12-20(24)22-13-19(23)17-10-5-8-14-6-1-3-9-16(14)17/h1-11,19,23H,12-13H2,(H,22,24). The zero-order chi connectivity index (χ0) is 16.9. The summed E-state index contributed by atoms with van der Waals surface area (Å²) in [6.07, 6.45) is -0.562. The molecule has 0 heterocycles. The highest BCUT2D eigenvalue weighted by molar-refractivity contribution is 6.31. The number of nitrogens with one attached hydrogen (secondary N) is 1. The lowest BCUT2D eigenvalue weighted by atomic mass is 10.0. The Hall–Kier alpha value is -2.36. The molecule has 1 amide bonds. The van der Waals surface area contributed by atoms with Crippen molar-refractivity contribution in [2.75, 3.05) is 6.54 Å². The smallest absolute Gasteiger partial charge is 0.224 e. The Bertz CT molecular complexity index is 858. The van der Waals surface area contributed by atoms with Crippen LogP contribution in [0.5, 0.6) is 0 Å². The molecule has 0 aliphatic rings. The summed E-state index contributed by atoms with van der Waals surface area (Å²) in [5.41, 5.74) is 1.59. The minimum Gasteiger partial charge on any atom is -0.387 e. The molecule has 0 aromatic heterocycles. The maximum atomic E-state index is 12.1. The van der Waals surface area contributed by atoms with E-state index >= 15 is 0 Å². The van der Waals surface area contributed by atoms with Crippen LogP contribution in [-0.4, -0.2) is 17.6 Å². The van der Waals surface area contributed by atoms with Crippen LogP contribution in [0.2, 0.25) is 5.02 Å². The maximum absolute atomic E-state index is 12.1. The number of hydrogen-bond acceptors (Lipinski definition) is 2. The first-order valence-electron chi connectivity index (χ1n) is 7.81. The molecule has 0 saturated carbocycles. The van der Waals surface area contributed by atoms with Crippen molar-refractivity contribution in [3.05, 3.63) is 82.9 Å². The van der Waals surface area contributed by atoms with Crippen molar-refractivity contribution in [3.63, 3.8) is 0 Å². The fourth-order valence-electron chi connectivity index (χ4n) is 2.74. The van der Waals surface area contributed by atoms with Crippen molar-refractivity contribution in [3.8, 4) is 0 Å². The monoisotopic (exact) mass is 339 g/mol. The number of benzene rings is 3. The first-order chi connectivity index (χ1) is 11.6. The van der Waals surface area contributed by atoms with Crippen molar-refractivity contribution < 1.29 is 9.90 Å². The van der Waals surface area contributed by atoms with Crippen molar-refractivity contribution in [1.82, 2.24) is 5.32 Å². The van der Waals surface area contributed by atoms with Crippen molar-refractivity contribution in [2.45, 2.75) is 12.5 Å². The molecule has 1 unspecified atom stereocenters. The molecule has 0 spiro atoms. The second kappa shape index (κ2) is 7.47. The van der Waals surface area contributed by atoms with Gasteiger partial charge < -0.3 is 10.4 Å². The van der Waals surface area contributed by atoms with E-state index in [1.807, 2.05) is 60.7 Å². The molecule has 0 fully saturated rings. The molecule has 0 aliphatic carbocycles. The van der Waals surface area contributed by atoms with Gasteiger partial charge in [0.25, 0.3) is 0 Å². The summed E-state index contributed by atoms with van der Waals surface area (Å²) in [5, 5.41) is 15.9. The molecule has 0 saturated heterocycles. The van der Waals surface area contributed by atoms with Gasteiger partial charge >= 0.3 is 0 Å². The highest BCUT2D eigenvalue weighted by Gasteiger charge is 2.13. The van der Waals surface area contributed by atoms with Crippen LogP contribution < -0.4 is 5.32 Å². The quantitative estimate of drug-likeness (QED) is 0.741. The highest BCUT2D eigenvalue weighted by atomic mass is 35.5. The second-order valence-corrected chi connectivity index (χ2v) is 6.06. The summed E-state index contributed by atoms with van der Waals surface area (Å²) in [6, 6.07) is 20.9. The van der Waals surface area contributed by atoms with E-state index in [2.05, 4.69) is 5.32 Å². The Labute approximate surface area is 145 Å². The molecule has 122 valence electrons. The Morgan fingerprint density at radius 3 is 2.54 bits per heavy atom. The van der Waals surface area contributed by atoms with Gasteiger partial charge in [0.2, 0.25) is 5.91 Å². The fourth-order valence-corrected chi connectivity index (χ4v) is 2.94. The van der Waals surface area contributed by atoms with Gasteiger partial charge in [-0.2, -0.15) is 0 Å². The molecular formula is C20H18ClNO2. The minimum atomic E-state index is -0.758. The maximum Gasteiger partial charge on any atom is 0.224 e. The summed E-state index contributed by atoms with van der Waals surface area (Å²) in [4.78, 5) is 12.1. The van der Waals surface area contributed by atoms with Crippen LogP contribution in [0.25, 0.3) is 10.8 Å². The fraction of sp³-hybridized carbons (Fsp3) is 0.150. The van der Waals surface area contributed by atoms with Gasteiger partial charge in [0.15, 0.2) is 0 Å². The molecule has 0 bridgehead atoms. The van der Waals surface area contributed by atoms with Crippen LogP contribution in [0.4, 0.5) is 0 Å². The number of amides is 1. The molecule has 3 nitrogen and oxygen atoms in total. The molecule has 2 N–H and O–H groups in total. The average molecular weight is 340 g/mol. The lowest BCUT2D eigenvalue weighted by Gasteiger charge is -2.15. The van der Waals surface area contributed by atoms with E-state index in [0.717, 1.165) is 21.9 Å². The van der Waals surface area contributed by atoms with Gasteiger partial charge in [0, 0.05) is 11.6 Å². The van der Waals surface area contributed by atoms with Crippen LogP contribution in [0, 0.1) is 0 Å². The number of carbonyl (C=O) groups excluding carboxylic acids is 1. The number of aliphatic hydroxyl groups is 1. The predicted molar refractivity (Wildman–Crippen MR) is 97.1 cm³/mol. The van der Waals surface area contributed by atoms with Gasteiger partial charge in [0.1, 0.15) is 0 Å². The third-order valence-electron chi connectivity index (χ3n) is 3.98. The molecule has 0 aliphatic heterocycles. The Kier molecular flexibility index (Phi) is 5.14. The van der Waals surface area contributed by atoms with E-state index in [-0.39, 0.29) is 18.9 Å². The van der Waals surface area contributed by atoms with Crippen LogP contribution in [-0.2, 0) is 11.2 Å². The van der Waals surface area contributed by atoms with Crippen LogP contribution >= 0.6 is 11.6 Å². The van der Waals surface area contributed by atoms with Crippen molar-refractivity contribution >= 4 is 28.3 Å². The summed E-state index contributed by atoms with van der Waals surface area (Å²) in [6.45, 7) is 0.164. The number of aliphatic hydroxyl groups excluding tert-OH is 1. The number of fused-ring (bicyclic) bond motifs is 1. The number of carbonyl (C=O) groups is 1. The van der Waals surface area contributed by atoms with Crippen molar-refractivity contribution in [1.29, 1.82) is 0 Å². The Morgan fingerprint density at radius 1 is 1.00 bits per heavy atom. The number of halogens is 1. The molecular weight excluding hydrogens is 322 g/mol. The van der Waals surface area contributed by atoms with Gasteiger partial charge in [-0.25, -0.2) is 0 Å². The summed E-state index contributed by atoms with van der Waals surface area (Å²) < 4.78 is 0. The summed E-state index contributed by atoms with van der Waals surface area (Å²) >= 11 is 6.06. The largest absolute Gasteiger partial charge is 0.387 e. The highest BCUT2D eigenvalue weighted by Crippen LogP contribution is 2.24. The number of hydrogen-bond donors (Lipinski definition) is 2. The normalized spacial score (nSPS) is 12.1. The third-order valence-corrected chi connectivity index (χ3v) is 4.35. The van der Waals surface area contributed by atoms with Crippen molar-refractivity contribution in [2.24, 2.45) is 0 Å². The summed E-state index contributed by atoms with van der Waals surface area (Å²) in [5.74, 6) is -0.164. The van der Waals surface area contributed by atoms with Gasteiger partial charge in [-0.1, -0.05) is 72.3 Å². The first-order valence-corrected chi connectivity index (χ1v) is 8.19. The Balaban J connectivity index is 1.65. The predicted octanol–water partition coefficient (Wildman–Crippen LogP) is 3.89. The van der Waals surface area contributed by atoms with Gasteiger partial charge in [-0.05, 0) is 28.0 Å². The van der Waals surface area contributed by atoms with E-state index in [0.29, 0.717) is 5.02 Å².